The molecule has 0 saturated carbocycles. The fourth-order valence-electron chi connectivity index (χ4n) is 1.52. The first-order valence-electron chi connectivity index (χ1n) is 6.30. The second-order valence-corrected chi connectivity index (χ2v) is 4.91. The molecular weight excluding hydrogens is 278 g/mol. The zero-order valence-electron chi connectivity index (χ0n) is 12.0. The van der Waals surface area contributed by atoms with E-state index < -0.39 is 6.04 Å². The van der Waals surface area contributed by atoms with E-state index in [4.69, 9.17) is 5.73 Å². The van der Waals surface area contributed by atoms with Gasteiger partial charge in [-0.25, -0.2) is 0 Å². The Hall–Kier alpha value is -1.59. The second kappa shape index (κ2) is 8.55. The molecule has 0 bridgehead atoms. The van der Waals surface area contributed by atoms with E-state index in [2.05, 4.69) is 10.6 Å². The molecule has 1 atom stereocenters. The van der Waals surface area contributed by atoms with Crippen LogP contribution in [0.1, 0.15) is 19.4 Å². The Balaban J connectivity index is 0.00000361. The van der Waals surface area contributed by atoms with Gasteiger partial charge in [-0.05, 0) is 30.5 Å². The minimum Gasteiger partial charge on any atom is -0.346 e. The largest absolute Gasteiger partial charge is 0.346 e. The van der Waals surface area contributed by atoms with E-state index in [0.29, 0.717) is 5.69 Å². The van der Waals surface area contributed by atoms with Crippen LogP contribution in [0.2, 0.25) is 0 Å². The maximum Gasteiger partial charge on any atom is 0.243 e. The lowest BCUT2D eigenvalue weighted by atomic mass is 10.1. The first kappa shape index (κ1) is 18.4. The van der Waals surface area contributed by atoms with Crippen molar-refractivity contribution in [2.45, 2.75) is 26.8 Å². The molecule has 0 radical (unpaired) electrons. The van der Waals surface area contributed by atoms with Gasteiger partial charge >= 0.3 is 0 Å². The molecule has 20 heavy (non-hydrogen) atoms. The Kier molecular flexibility index (Phi) is 7.87. The van der Waals surface area contributed by atoms with Crippen LogP contribution in [0, 0.1) is 12.8 Å². The minimum absolute atomic E-state index is 0. The highest BCUT2D eigenvalue weighted by Crippen LogP contribution is 2.08. The number of aryl methyl sites for hydroxylation is 1. The number of hydrogen-bond acceptors (Lipinski definition) is 3. The summed E-state index contributed by atoms with van der Waals surface area (Å²) < 4.78 is 0. The summed E-state index contributed by atoms with van der Waals surface area (Å²) in [7, 11) is 0. The lowest BCUT2D eigenvalue weighted by Crippen LogP contribution is -2.46. The monoisotopic (exact) mass is 299 g/mol. The highest BCUT2D eigenvalue weighted by Gasteiger charge is 2.17. The molecule has 1 aromatic rings. The van der Waals surface area contributed by atoms with Gasteiger partial charge in [-0.15, -0.1) is 12.4 Å². The fraction of sp³-hybridized carbons (Fsp3) is 0.429. The van der Waals surface area contributed by atoms with Gasteiger partial charge in [-0.1, -0.05) is 26.0 Å². The average Bonchev–Trinajstić information content (AvgIpc) is 2.34. The van der Waals surface area contributed by atoms with Gasteiger partial charge in [-0.3, -0.25) is 9.59 Å². The molecule has 6 heteroatoms. The molecule has 0 spiro atoms. The Labute approximate surface area is 125 Å². The van der Waals surface area contributed by atoms with Crippen molar-refractivity contribution in [2.24, 2.45) is 11.7 Å². The van der Waals surface area contributed by atoms with E-state index in [1.807, 2.05) is 39.0 Å². The number of carbonyl (C=O) groups excluding carboxylic acids is 2. The van der Waals surface area contributed by atoms with E-state index in [-0.39, 0.29) is 36.7 Å². The molecule has 5 nitrogen and oxygen atoms in total. The molecule has 0 heterocycles. The van der Waals surface area contributed by atoms with Crippen LogP contribution in [0.4, 0.5) is 5.69 Å². The molecule has 0 aliphatic carbocycles. The molecule has 4 N–H and O–H groups in total. The van der Waals surface area contributed by atoms with Crippen molar-refractivity contribution in [1.82, 2.24) is 5.32 Å². The normalized spacial score (nSPS) is 11.4. The average molecular weight is 300 g/mol. The Morgan fingerprint density at radius 1 is 1.30 bits per heavy atom. The third-order valence-electron chi connectivity index (χ3n) is 2.75. The third-order valence-corrected chi connectivity index (χ3v) is 2.75. The van der Waals surface area contributed by atoms with Crippen molar-refractivity contribution in [2.75, 3.05) is 11.9 Å². The maximum atomic E-state index is 11.7. The summed E-state index contributed by atoms with van der Waals surface area (Å²) in [5.74, 6) is -0.538. The zero-order valence-corrected chi connectivity index (χ0v) is 12.8. The van der Waals surface area contributed by atoms with Crippen LogP contribution in [0.3, 0.4) is 0 Å². The van der Waals surface area contributed by atoms with Gasteiger partial charge in [0.05, 0.1) is 12.6 Å². The highest BCUT2D eigenvalue weighted by atomic mass is 35.5. The lowest BCUT2D eigenvalue weighted by molar-refractivity contribution is -0.125. The van der Waals surface area contributed by atoms with E-state index >= 15 is 0 Å². The molecule has 0 aliphatic heterocycles. The maximum absolute atomic E-state index is 11.7. The van der Waals surface area contributed by atoms with Crippen LogP contribution >= 0.6 is 12.4 Å². The highest BCUT2D eigenvalue weighted by molar-refractivity contribution is 5.95. The molecule has 0 saturated heterocycles. The quantitative estimate of drug-likeness (QED) is 0.769. The van der Waals surface area contributed by atoms with Crippen LogP contribution in [0.25, 0.3) is 0 Å². The number of anilines is 1. The van der Waals surface area contributed by atoms with E-state index in [9.17, 15) is 9.59 Å². The van der Waals surface area contributed by atoms with Crippen molar-refractivity contribution < 1.29 is 9.59 Å². The van der Waals surface area contributed by atoms with Crippen LogP contribution in [0.15, 0.2) is 24.3 Å². The summed E-state index contributed by atoms with van der Waals surface area (Å²) in [6, 6.07) is 6.87. The molecule has 0 unspecified atom stereocenters. The standard InChI is InChI=1S/C14H21N3O2.ClH/c1-9(2)13(15)14(19)16-8-12(18)17-11-6-4-5-10(3)7-11;/h4-7,9,13H,8,15H2,1-3H3,(H,16,19)(H,17,18);1H/t13-;/m0./s1. The first-order valence-corrected chi connectivity index (χ1v) is 6.30. The number of nitrogens with one attached hydrogen (secondary N) is 2. The minimum atomic E-state index is -0.591. The molecule has 112 valence electrons. The van der Waals surface area contributed by atoms with E-state index in [1.165, 1.54) is 0 Å². The fourth-order valence-corrected chi connectivity index (χ4v) is 1.52. The van der Waals surface area contributed by atoms with E-state index in [0.717, 1.165) is 5.56 Å². The lowest BCUT2D eigenvalue weighted by Gasteiger charge is -2.15. The molecule has 0 aromatic heterocycles. The van der Waals surface area contributed by atoms with E-state index in [1.54, 1.807) is 6.07 Å². The molecule has 0 fully saturated rings. The molecular formula is C14H22ClN3O2. The van der Waals surface area contributed by atoms with Crippen molar-refractivity contribution in [3.05, 3.63) is 29.8 Å². The molecule has 1 aromatic carbocycles. The van der Waals surface area contributed by atoms with Crippen molar-refractivity contribution in [3.8, 4) is 0 Å². The summed E-state index contributed by atoms with van der Waals surface area (Å²) in [6.07, 6.45) is 0. The predicted molar refractivity (Wildman–Crippen MR) is 82.9 cm³/mol. The summed E-state index contributed by atoms with van der Waals surface area (Å²) in [6.45, 7) is 5.58. The molecule has 2 amide bonds. The summed E-state index contributed by atoms with van der Waals surface area (Å²) in [5, 5.41) is 5.23. The van der Waals surface area contributed by atoms with Crippen molar-refractivity contribution in [1.29, 1.82) is 0 Å². The second-order valence-electron chi connectivity index (χ2n) is 4.91. The predicted octanol–water partition coefficient (Wildman–Crippen LogP) is 1.45. The number of rotatable bonds is 5. The number of nitrogens with two attached hydrogens (primary N) is 1. The van der Waals surface area contributed by atoms with Crippen LogP contribution < -0.4 is 16.4 Å². The SMILES string of the molecule is Cc1cccc(NC(=O)CNC(=O)[C@@H](N)C(C)C)c1.Cl. The van der Waals surface area contributed by atoms with Gasteiger partial charge in [-0.2, -0.15) is 0 Å². The summed E-state index contributed by atoms with van der Waals surface area (Å²) in [5.41, 5.74) is 7.45. The smallest absolute Gasteiger partial charge is 0.243 e. The van der Waals surface area contributed by atoms with Crippen molar-refractivity contribution in [3.63, 3.8) is 0 Å². The topological polar surface area (TPSA) is 84.2 Å². The number of hydrogen-bond donors (Lipinski definition) is 3. The van der Waals surface area contributed by atoms with Gasteiger partial charge in [0.1, 0.15) is 0 Å². The van der Waals surface area contributed by atoms with Crippen molar-refractivity contribution >= 4 is 29.9 Å². The number of carbonyl (C=O) groups is 2. The summed E-state index contributed by atoms with van der Waals surface area (Å²) in [4.78, 5) is 23.2. The first-order chi connectivity index (χ1) is 8.90. The van der Waals surface area contributed by atoms with Crippen LogP contribution in [-0.4, -0.2) is 24.4 Å². The Morgan fingerprint density at radius 3 is 2.50 bits per heavy atom. The molecule has 1 rings (SSSR count). The van der Waals surface area contributed by atoms with Gasteiger partial charge in [0, 0.05) is 5.69 Å². The van der Waals surface area contributed by atoms with Crippen LogP contribution in [0.5, 0.6) is 0 Å². The van der Waals surface area contributed by atoms with Gasteiger partial charge in [0.2, 0.25) is 11.8 Å². The third kappa shape index (κ3) is 6.04. The zero-order chi connectivity index (χ0) is 14.4. The van der Waals surface area contributed by atoms with Gasteiger partial charge in [0.15, 0.2) is 0 Å². The number of amides is 2. The van der Waals surface area contributed by atoms with Gasteiger partial charge in [0.25, 0.3) is 0 Å². The van der Waals surface area contributed by atoms with Gasteiger partial charge < -0.3 is 16.4 Å². The Bertz CT molecular complexity index is 463. The molecule has 0 aliphatic rings. The number of halogens is 1. The number of benzene rings is 1. The summed E-state index contributed by atoms with van der Waals surface area (Å²) >= 11 is 0. The Morgan fingerprint density at radius 2 is 1.95 bits per heavy atom. The van der Waals surface area contributed by atoms with Crippen LogP contribution in [-0.2, 0) is 9.59 Å².